The minimum Gasteiger partial charge on any atom is -0.348 e. The van der Waals surface area contributed by atoms with Crippen molar-refractivity contribution in [2.45, 2.75) is 19.9 Å². The molecule has 2 aliphatic heterocycles. The second kappa shape index (κ2) is 3.70. The number of aryl methyl sites for hydroxylation is 2. The van der Waals surface area contributed by atoms with Crippen LogP contribution in [0.5, 0.6) is 0 Å². The predicted octanol–water partition coefficient (Wildman–Crippen LogP) is 0.901. The molecule has 2 heterocycles. The summed E-state index contributed by atoms with van der Waals surface area (Å²) in [7, 11) is 0. The number of rotatable bonds is 1. The fraction of sp³-hybridized carbons (Fsp3) is 0.286. The van der Waals surface area contributed by atoms with Crippen LogP contribution >= 0.6 is 0 Å². The third-order valence-electron chi connectivity index (χ3n) is 3.70. The minimum atomic E-state index is -0.297. The van der Waals surface area contributed by atoms with Crippen LogP contribution in [0, 0.1) is 13.8 Å². The van der Waals surface area contributed by atoms with Gasteiger partial charge in [0.15, 0.2) is 0 Å². The van der Waals surface area contributed by atoms with Gasteiger partial charge in [0, 0.05) is 12.1 Å². The molecule has 0 fully saturated rings. The average Bonchev–Trinajstić information content (AvgIpc) is 2.86. The molecule has 0 bridgehead atoms. The van der Waals surface area contributed by atoms with E-state index in [0.29, 0.717) is 17.7 Å². The molecule has 0 radical (unpaired) electrons. The third-order valence-corrected chi connectivity index (χ3v) is 3.70. The maximum atomic E-state index is 11.8. The maximum Gasteiger partial charge on any atom is 0.250 e. The molecule has 18 heavy (non-hydrogen) atoms. The number of hydrogen-bond donors (Lipinski definition) is 2. The van der Waals surface area contributed by atoms with E-state index in [1.807, 2.05) is 32.0 Å². The molecule has 1 aromatic carbocycles. The van der Waals surface area contributed by atoms with Crippen molar-refractivity contribution < 1.29 is 9.59 Å². The van der Waals surface area contributed by atoms with E-state index in [1.54, 1.807) is 0 Å². The smallest absolute Gasteiger partial charge is 0.250 e. The summed E-state index contributed by atoms with van der Waals surface area (Å²) in [6.07, 6.45) is 0. The molecule has 2 N–H and O–H groups in total. The van der Waals surface area contributed by atoms with E-state index in [0.717, 1.165) is 11.1 Å². The summed E-state index contributed by atoms with van der Waals surface area (Å²) < 4.78 is 0. The summed E-state index contributed by atoms with van der Waals surface area (Å²) in [6.45, 7) is 4.42. The SMILES string of the molecule is Cc1ccc(C2NC(=O)C3=C2C(=O)NC3)cc1C. The van der Waals surface area contributed by atoms with Crippen molar-refractivity contribution in [3.8, 4) is 0 Å². The van der Waals surface area contributed by atoms with Gasteiger partial charge in [-0.05, 0) is 30.5 Å². The molecule has 0 aromatic heterocycles. The van der Waals surface area contributed by atoms with Gasteiger partial charge in [0.2, 0.25) is 11.8 Å². The molecule has 0 aliphatic carbocycles. The number of hydrogen-bond acceptors (Lipinski definition) is 2. The third kappa shape index (κ3) is 1.45. The molecular weight excluding hydrogens is 228 g/mol. The molecule has 0 saturated heterocycles. The Morgan fingerprint density at radius 1 is 1.11 bits per heavy atom. The molecule has 1 unspecified atom stereocenters. The summed E-state index contributed by atoms with van der Waals surface area (Å²) in [5, 5.41) is 5.58. The zero-order valence-corrected chi connectivity index (χ0v) is 10.3. The van der Waals surface area contributed by atoms with Gasteiger partial charge >= 0.3 is 0 Å². The summed E-state index contributed by atoms with van der Waals surface area (Å²) in [4.78, 5) is 23.6. The molecule has 0 saturated carbocycles. The Balaban J connectivity index is 2.05. The lowest BCUT2D eigenvalue weighted by Crippen LogP contribution is -2.31. The minimum absolute atomic E-state index is 0.133. The van der Waals surface area contributed by atoms with Gasteiger partial charge in [-0.3, -0.25) is 9.59 Å². The second-order valence-corrected chi connectivity index (χ2v) is 4.83. The Labute approximate surface area is 105 Å². The van der Waals surface area contributed by atoms with E-state index >= 15 is 0 Å². The van der Waals surface area contributed by atoms with E-state index in [-0.39, 0.29) is 17.9 Å². The first-order chi connectivity index (χ1) is 8.58. The first-order valence-electron chi connectivity index (χ1n) is 5.97. The van der Waals surface area contributed by atoms with E-state index in [1.165, 1.54) is 5.56 Å². The van der Waals surface area contributed by atoms with Crippen molar-refractivity contribution in [2.75, 3.05) is 6.54 Å². The van der Waals surface area contributed by atoms with Crippen LogP contribution in [0.2, 0.25) is 0 Å². The summed E-state index contributed by atoms with van der Waals surface area (Å²) in [5.74, 6) is -0.266. The van der Waals surface area contributed by atoms with Gasteiger partial charge in [-0.15, -0.1) is 0 Å². The highest BCUT2D eigenvalue weighted by Gasteiger charge is 2.40. The molecule has 2 aliphatic rings. The standard InChI is InChI=1S/C14H14N2O2/c1-7-3-4-9(5-8(7)2)12-11-10(13(17)16-12)6-15-14(11)18/h3-5,12H,6H2,1-2H3,(H,15,18)(H,16,17). The van der Waals surface area contributed by atoms with Gasteiger partial charge in [0.1, 0.15) is 0 Å². The topological polar surface area (TPSA) is 58.2 Å². The van der Waals surface area contributed by atoms with E-state index in [2.05, 4.69) is 10.6 Å². The largest absolute Gasteiger partial charge is 0.348 e. The molecule has 0 spiro atoms. The highest BCUT2D eigenvalue weighted by Crippen LogP contribution is 2.33. The lowest BCUT2D eigenvalue weighted by atomic mass is 9.96. The normalized spacial score (nSPS) is 22.0. The Hall–Kier alpha value is -2.10. The number of carbonyl (C=O) groups excluding carboxylic acids is 2. The molecule has 1 aromatic rings. The Morgan fingerprint density at radius 3 is 2.61 bits per heavy atom. The van der Waals surface area contributed by atoms with Crippen molar-refractivity contribution in [1.82, 2.24) is 10.6 Å². The number of nitrogens with one attached hydrogen (secondary N) is 2. The van der Waals surface area contributed by atoms with Crippen molar-refractivity contribution >= 4 is 11.8 Å². The fourth-order valence-corrected chi connectivity index (χ4v) is 2.49. The van der Waals surface area contributed by atoms with E-state index in [9.17, 15) is 9.59 Å². The van der Waals surface area contributed by atoms with Crippen LogP contribution in [0.3, 0.4) is 0 Å². The van der Waals surface area contributed by atoms with Crippen LogP contribution in [-0.2, 0) is 9.59 Å². The lowest BCUT2D eigenvalue weighted by Gasteiger charge is -2.15. The Bertz CT molecular complexity index is 600. The van der Waals surface area contributed by atoms with Gasteiger partial charge in [-0.25, -0.2) is 0 Å². The van der Waals surface area contributed by atoms with Crippen molar-refractivity contribution in [3.63, 3.8) is 0 Å². The van der Waals surface area contributed by atoms with Crippen molar-refractivity contribution in [2.24, 2.45) is 0 Å². The molecule has 3 rings (SSSR count). The first-order valence-corrected chi connectivity index (χ1v) is 5.97. The van der Waals surface area contributed by atoms with E-state index < -0.39 is 0 Å². The van der Waals surface area contributed by atoms with Crippen LogP contribution in [0.25, 0.3) is 0 Å². The molecule has 4 heteroatoms. The van der Waals surface area contributed by atoms with Crippen LogP contribution in [-0.4, -0.2) is 18.4 Å². The van der Waals surface area contributed by atoms with Gasteiger partial charge in [-0.2, -0.15) is 0 Å². The summed E-state index contributed by atoms with van der Waals surface area (Å²) >= 11 is 0. The number of carbonyl (C=O) groups is 2. The van der Waals surface area contributed by atoms with Crippen LogP contribution in [0.4, 0.5) is 0 Å². The maximum absolute atomic E-state index is 11.8. The van der Waals surface area contributed by atoms with E-state index in [4.69, 9.17) is 0 Å². The van der Waals surface area contributed by atoms with Crippen molar-refractivity contribution in [1.29, 1.82) is 0 Å². The Morgan fingerprint density at radius 2 is 1.89 bits per heavy atom. The van der Waals surface area contributed by atoms with Gasteiger partial charge < -0.3 is 10.6 Å². The zero-order valence-electron chi connectivity index (χ0n) is 10.3. The van der Waals surface area contributed by atoms with Crippen LogP contribution in [0.15, 0.2) is 29.3 Å². The molecule has 2 amide bonds. The lowest BCUT2D eigenvalue weighted by molar-refractivity contribution is -0.117. The number of benzene rings is 1. The monoisotopic (exact) mass is 242 g/mol. The molecule has 1 atom stereocenters. The molecule has 92 valence electrons. The van der Waals surface area contributed by atoms with Crippen LogP contribution in [0.1, 0.15) is 22.7 Å². The average molecular weight is 242 g/mol. The summed E-state index contributed by atoms with van der Waals surface area (Å²) in [5.41, 5.74) is 4.50. The van der Waals surface area contributed by atoms with Gasteiger partial charge in [-0.1, -0.05) is 18.2 Å². The number of amides is 2. The van der Waals surface area contributed by atoms with Gasteiger partial charge in [0.25, 0.3) is 0 Å². The molecular formula is C14H14N2O2. The predicted molar refractivity (Wildman–Crippen MR) is 66.8 cm³/mol. The van der Waals surface area contributed by atoms with Crippen molar-refractivity contribution in [3.05, 3.63) is 46.0 Å². The first kappa shape index (κ1) is 11.0. The fourth-order valence-electron chi connectivity index (χ4n) is 2.49. The quantitative estimate of drug-likeness (QED) is 0.768. The molecule has 4 nitrogen and oxygen atoms in total. The van der Waals surface area contributed by atoms with Gasteiger partial charge in [0.05, 0.1) is 11.6 Å². The second-order valence-electron chi connectivity index (χ2n) is 4.83. The van der Waals surface area contributed by atoms with Crippen LogP contribution < -0.4 is 10.6 Å². The highest BCUT2D eigenvalue weighted by molar-refractivity contribution is 6.12. The summed E-state index contributed by atoms with van der Waals surface area (Å²) in [6, 6.07) is 5.72. The Kier molecular flexibility index (Phi) is 2.26. The highest BCUT2D eigenvalue weighted by atomic mass is 16.2. The zero-order chi connectivity index (χ0) is 12.9.